The third kappa shape index (κ3) is 4.72. The van der Waals surface area contributed by atoms with Gasteiger partial charge in [0.1, 0.15) is 5.82 Å². The minimum Gasteiger partial charge on any atom is -0.504 e. The number of methoxy groups -OCH3 is 1. The quantitative estimate of drug-likeness (QED) is 0.430. The minimum absolute atomic E-state index is 0.0189. The van der Waals surface area contributed by atoms with Crippen LogP contribution in [0.1, 0.15) is 42.7 Å². The number of Topliss-reactive ketones (excluding diaryl/α,β-unsaturated/α-hetero) is 1. The normalized spacial score (nSPS) is 19.3. The average Bonchev–Trinajstić information content (AvgIpc) is 2.88. The Labute approximate surface area is 214 Å². The standard InChI is InChI=1S/C30H27FN2O4/c1-17-27(30(36)33-22-10-6-9-21(31)16-22)28(19-11-12-24(34)26(15-19)37-2)29-23(32-17)13-20(14-25(29)35)18-7-4-3-5-8-18/h3-12,15-16,20,28,32,34H,13-14H2,1-2H3,(H,33,36)/t20-,28+/m0/s1. The van der Waals surface area contributed by atoms with Crippen molar-refractivity contribution in [2.75, 3.05) is 12.4 Å². The van der Waals surface area contributed by atoms with E-state index >= 15 is 0 Å². The molecular formula is C30H27FN2O4. The molecule has 3 aromatic rings. The molecule has 0 bridgehead atoms. The Kier molecular flexibility index (Phi) is 6.53. The Bertz CT molecular complexity index is 1440. The topological polar surface area (TPSA) is 87.7 Å². The van der Waals surface area contributed by atoms with Crippen LogP contribution in [0.15, 0.2) is 95.3 Å². The number of halogens is 1. The Morgan fingerprint density at radius 3 is 2.54 bits per heavy atom. The lowest BCUT2D eigenvalue weighted by Gasteiger charge is -2.37. The third-order valence-corrected chi connectivity index (χ3v) is 6.96. The maximum Gasteiger partial charge on any atom is 0.254 e. The van der Waals surface area contributed by atoms with Gasteiger partial charge in [-0.3, -0.25) is 9.59 Å². The monoisotopic (exact) mass is 498 g/mol. The summed E-state index contributed by atoms with van der Waals surface area (Å²) in [6.45, 7) is 1.80. The molecule has 0 fully saturated rings. The molecule has 1 amide bonds. The van der Waals surface area contributed by atoms with Crippen molar-refractivity contribution in [3.05, 3.63) is 112 Å². The molecule has 6 nitrogen and oxygen atoms in total. The molecule has 0 saturated heterocycles. The number of ether oxygens (including phenoxy) is 1. The van der Waals surface area contributed by atoms with Crippen LogP contribution in [-0.4, -0.2) is 23.9 Å². The second-order valence-corrected chi connectivity index (χ2v) is 9.32. The number of phenolic OH excluding ortho intramolecular Hbond substituents is 1. The van der Waals surface area contributed by atoms with Gasteiger partial charge in [0, 0.05) is 40.6 Å². The molecule has 3 aromatic carbocycles. The van der Waals surface area contributed by atoms with Crippen molar-refractivity contribution in [2.24, 2.45) is 0 Å². The number of anilines is 1. The largest absolute Gasteiger partial charge is 0.504 e. The second-order valence-electron chi connectivity index (χ2n) is 9.32. The summed E-state index contributed by atoms with van der Waals surface area (Å²) in [5.74, 6) is -1.44. The van der Waals surface area contributed by atoms with Crippen molar-refractivity contribution in [1.29, 1.82) is 0 Å². The summed E-state index contributed by atoms with van der Waals surface area (Å²) in [4.78, 5) is 27.3. The number of hydrogen-bond donors (Lipinski definition) is 3. The Hall–Kier alpha value is -4.39. The van der Waals surface area contributed by atoms with Crippen LogP contribution in [0.25, 0.3) is 0 Å². The number of carbonyl (C=O) groups is 2. The van der Waals surface area contributed by atoms with Crippen LogP contribution in [0, 0.1) is 5.82 Å². The molecule has 1 aliphatic heterocycles. The van der Waals surface area contributed by atoms with E-state index in [2.05, 4.69) is 10.6 Å². The van der Waals surface area contributed by atoms with Gasteiger partial charge in [-0.05, 0) is 60.7 Å². The lowest BCUT2D eigenvalue weighted by atomic mass is 9.71. The van der Waals surface area contributed by atoms with E-state index in [0.717, 1.165) is 11.3 Å². The number of rotatable bonds is 5. The van der Waals surface area contributed by atoms with Gasteiger partial charge >= 0.3 is 0 Å². The Morgan fingerprint density at radius 2 is 1.81 bits per heavy atom. The molecule has 7 heteroatoms. The van der Waals surface area contributed by atoms with Crippen molar-refractivity contribution >= 4 is 17.4 Å². The maximum atomic E-state index is 13.8. The number of amides is 1. The van der Waals surface area contributed by atoms with Crippen LogP contribution in [-0.2, 0) is 9.59 Å². The Balaban J connectivity index is 1.59. The molecular weight excluding hydrogens is 471 g/mol. The fourth-order valence-electron chi connectivity index (χ4n) is 5.27. The second kappa shape index (κ2) is 9.93. The summed E-state index contributed by atoms with van der Waals surface area (Å²) in [5.41, 5.74) is 4.29. The predicted octanol–water partition coefficient (Wildman–Crippen LogP) is 5.54. The summed E-state index contributed by atoms with van der Waals surface area (Å²) >= 11 is 0. The summed E-state index contributed by atoms with van der Waals surface area (Å²) in [6, 6.07) is 20.4. The fraction of sp³-hybridized carbons (Fsp3) is 0.200. The SMILES string of the molecule is COc1cc([C@@H]2C(C(=O)Nc3cccc(F)c3)=C(C)NC3=C2C(=O)C[C@@H](c2ccccc2)C3)ccc1O. The zero-order chi connectivity index (χ0) is 26.1. The first-order valence-corrected chi connectivity index (χ1v) is 12.1. The zero-order valence-electron chi connectivity index (χ0n) is 20.5. The zero-order valence-corrected chi connectivity index (χ0v) is 20.5. The van der Waals surface area contributed by atoms with Crippen molar-refractivity contribution < 1.29 is 23.8 Å². The van der Waals surface area contributed by atoms with Gasteiger partial charge in [-0.15, -0.1) is 0 Å². The van der Waals surface area contributed by atoms with Crippen LogP contribution >= 0.6 is 0 Å². The van der Waals surface area contributed by atoms with E-state index in [1.54, 1.807) is 25.1 Å². The van der Waals surface area contributed by atoms with Gasteiger partial charge in [-0.25, -0.2) is 4.39 Å². The highest BCUT2D eigenvalue weighted by Crippen LogP contribution is 2.46. The Morgan fingerprint density at radius 1 is 1.03 bits per heavy atom. The first-order valence-electron chi connectivity index (χ1n) is 12.1. The number of hydrogen-bond acceptors (Lipinski definition) is 5. The molecule has 5 rings (SSSR count). The van der Waals surface area contributed by atoms with Gasteiger partial charge in [0.05, 0.1) is 7.11 Å². The number of phenols is 1. The predicted molar refractivity (Wildman–Crippen MR) is 139 cm³/mol. The molecule has 1 aliphatic carbocycles. The van der Waals surface area contributed by atoms with Crippen LogP contribution in [0.3, 0.4) is 0 Å². The number of carbonyl (C=O) groups excluding carboxylic acids is 2. The fourth-order valence-corrected chi connectivity index (χ4v) is 5.27. The van der Waals surface area contributed by atoms with Crippen molar-refractivity contribution in [1.82, 2.24) is 5.32 Å². The highest BCUT2D eigenvalue weighted by Gasteiger charge is 2.41. The summed E-state index contributed by atoms with van der Waals surface area (Å²) in [6.07, 6.45) is 0.932. The molecule has 3 N–H and O–H groups in total. The number of dihydropyridines is 1. The molecule has 188 valence electrons. The van der Waals surface area contributed by atoms with Crippen molar-refractivity contribution in [3.63, 3.8) is 0 Å². The number of ketones is 1. The van der Waals surface area contributed by atoms with E-state index in [1.165, 1.54) is 31.4 Å². The smallest absolute Gasteiger partial charge is 0.254 e. The highest BCUT2D eigenvalue weighted by atomic mass is 19.1. The first kappa shape index (κ1) is 24.3. The molecule has 2 atom stereocenters. The van der Waals surface area contributed by atoms with E-state index in [0.29, 0.717) is 40.9 Å². The van der Waals surface area contributed by atoms with Gasteiger partial charge in [0.15, 0.2) is 17.3 Å². The van der Waals surface area contributed by atoms with E-state index < -0.39 is 17.6 Å². The molecule has 0 saturated carbocycles. The van der Waals surface area contributed by atoms with Gasteiger partial charge in [-0.1, -0.05) is 42.5 Å². The minimum atomic E-state index is -0.691. The van der Waals surface area contributed by atoms with Crippen LogP contribution in [0.2, 0.25) is 0 Å². The van der Waals surface area contributed by atoms with Crippen molar-refractivity contribution in [3.8, 4) is 11.5 Å². The van der Waals surface area contributed by atoms with Crippen molar-refractivity contribution in [2.45, 2.75) is 31.6 Å². The third-order valence-electron chi connectivity index (χ3n) is 6.96. The number of aromatic hydroxyl groups is 1. The molecule has 37 heavy (non-hydrogen) atoms. The van der Waals surface area contributed by atoms with Gasteiger partial charge in [-0.2, -0.15) is 0 Å². The van der Waals surface area contributed by atoms with E-state index in [9.17, 15) is 19.1 Å². The number of allylic oxidation sites excluding steroid dienone is 3. The first-order chi connectivity index (χ1) is 17.9. The lowest BCUT2D eigenvalue weighted by Crippen LogP contribution is -2.37. The molecule has 1 heterocycles. The van der Waals surface area contributed by atoms with Gasteiger partial charge in [0.2, 0.25) is 0 Å². The van der Waals surface area contributed by atoms with E-state index in [4.69, 9.17) is 4.74 Å². The molecule has 0 aromatic heterocycles. The highest BCUT2D eigenvalue weighted by molar-refractivity contribution is 6.10. The molecule has 2 aliphatic rings. The molecule has 0 unspecified atom stereocenters. The number of benzene rings is 3. The van der Waals surface area contributed by atoms with Crippen LogP contribution in [0.5, 0.6) is 11.5 Å². The number of nitrogens with one attached hydrogen (secondary N) is 2. The molecule has 0 spiro atoms. The summed E-state index contributed by atoms with van der Waals surface area (Å²) in [5, 5.41) is 16.3. The van der Waals surface area contributed by atoms with Gasteiger partial charge in [0.25, 0.3) is 5.91 Å². The van der Waals surface area contributed by atoms with Gasteiger partial charge < -0.3 is 20.5 Å². The maximum absolute atomic E-state index is 13.8. The van der Waals surface area contributed by atoms with Crippen LogP contribution in [0.4, 0.5) is 10.1 Å². The summed E-state index contributed by atoms with van der Waals surface area (Å²) < 4.78 is 19.1. The van der Waals surface area contributed by atoms with E-state index in [1.807, 2.05) is 30.3 Å². The molecule has 0 radical (unpaired) electrons. The lowest BCUT2D eigenvalue weighted by molar-refractivity contribution is -0.116. The summed E-state index contributed by atoms with van der Waals surface area (Å²) in [7, 11) is 1.45. The average molecular weight is 499 g/mol. The van der Waals surface area contributed by atoms with E-state index in [-0.39, 0.29) is 23.2 Å². The van der Waals surface area contributed by atoms with Crippen LogP contribution < -0.4 is 15.4 Å².